The number of hydrogen-bond acceptors (Lipinski definition) is 4. The average Bonchev–Trinajstić information content (AvgIpc) is 2.35. The zero-order valence-electron chi connectivity index (χ0n) is 9.82. The third kappa shape index (κ3) is 3.55. The molecule has 1 N–H and O–H groups in total. The Balaban J connectivity index is 2.54. The van der Waals surface area contributed by atoms with Gasteiger partial charge in [0.2, 0.25) is 0 Å². The number of benzene rings is 1. The summed E-state index contributed by atoms with van der Waals surface area (Å²) < 4.78 is 10.1. The van der Waals surface area contributed by atoms with E-state index >= 15 is 0 Å². The molecule has 1 aromatic rings. The molecule has 0 aliphatic carbocycles. The van der Waals surface area contributed by atoms with Crippen molar-refractivity contribution in [1.29, 1.82) is 0 Å². The van der Waals surface area contributed by atoms with Crippen LogP contribution in [0.3, 0.4) is 0 Å². The Kier molecular flexibility index (Phi) is 4.79. The normalized spacial score (nSPS) is 11.9. The molecule has 1 aromatic carbocycles. The number of carbonyl (C=O) groups excluding carboxylic acids is 1. The fourth-order valence-electron chi connectivity index (χ4n) is 1.11. The number of ether oxygens (including phenoxy) is 2. The summed E-state index contributed by atoms with van der Waals surface area (Å²) >= 11 is 0. The number of methoxy groups -OCH3 is 1. The van der Waals surface area contributed by atoms with E-state index in [-0.39, 0.29) is 5.97 Å². The Morgan fingerprint density at radius 1 is 1.38 bits per heavy atom. The summed E-state index contributed by atoms with van der Waals surface area (Å²) in [4.78, 5) is 11.2. The highest BCUT2D eigenvalue weighted by atomic mass is 16.5. The molecule has 16 heavy (non-hydrogen) atoms. The minimum Gasteiger partial charge on any atom is -0.492 e. The molecule has 0 bridgehead atoms. The van der Waals surface area contributed by atoms with E-state index in [9.17, 15) is 4.79 Å². The molecule has 4 nitrogen and oxygen atoms in total. The molecule has 0 radical (unpaired) electrons. The Bertz CT molecular complexity index is 335. The quantitative estimate of drug-likeness (QED) is 0.768. The van der Waals surface area contributed by atoms with Crippen LogP contribution in [0.15, 0.2) is 24.3 Å². The molecule has 0 aliphatic rings. The van der Waals surface area contributed by atoms with Crippen LogP contribution in [0.25, 0.3) is 0 Å². The Morgan fingerprint density at radius 3 is 2.50 bits per heavy atom. The fourth-order valence-corrected chi connectivity index (χ4v) is 1.11. The third-order valence-electron chi connectivity index (χ3n) is 2.27. The van der Waals surface area contributed by atoms with Crippen LogP contribution in [0.1, 0.15) is 17.3 Å². The Morgan fingerprint density at radius 2 is 2.00 bits per heavy atom. The molecule has 1 atom stereocenters. The van der Waals surface area contributed by atoms with Crippen molar-refractivity contribution >= 4 is 5.97 Å². The van der Waals surface area contributed by atoms with E-state index in [0.717, 1.165) is 5.75 Å². The van der Waals surface area contributed by atoms with E-state index in [2.05, 4.69) is 10.1 Å². The highest BCUT2D eigenvalue weighted by Crippen LogP contribution is 2.12. The maximum atomic E-state index is 11.2. The Labute approximate surface area is 95.6 Å². The molecule has 4 heteroatoms. The Hall–Kier alpha value is -1.55. The van der Waals surface area contributed by atoms with Crippen LogP contribution < -0.4 is 10.1 Å². The first kappa shape index (κ1) is 12.5. The van der Waals surface area contributed by atoms with Crippen molar-refractivity contribution in [2.45, 2.75) is 13.0 Å². The maximum absolute atomic E-state index is 11.2. The van der Waals surface area contributed by atoms with Gasteiger partial charge in [0.1, 0.15) is 12.4 Å². The first-order valence-electron chi connectivity index (χ1n) is 5.15. The lowest BCUT2D eigenvalue weighted by Crippen LogP contribution is -2.28. The van der Waals surface area contributed by atoms with Crippen molar-refractivity contribution in [1.82, 2.24) is 5.32 Å². The summed E-state index contributed by atoms with van der Waals surface area (Å²) in [6.45, 7) is 2.62. The molecule has 0 saturated carbocycles. The summed E-state index contributed by atoms with van der Waals surface area (Å²) in [6, 6.07) is 7.18. The van der Waals surface area contributed by atoms with Gasteiger partial charge in [-0.2, -0.15) is 0 Å². The van der Waals surface area contributed by atoms with Gasteiger partial charge in [-0.25, -0.2) is 4.79 Å². The van der Waals surface area contributed by atoms with E-state index in [4.69, 9.17) is 4.74 Å². The van der Waals surface area contributed by atoms with Crippen LogP contribution in [0, 0.1) is 0 Å². The van der Waals surface area contributed by atoms with Gasteiger partial charge in [0, 0.05) is 6.04 Å². The SMILES string of the molecule is CN[C@@H](C)COc1ccc(C(=O)OC)cc1. The number of rotatable bonds is 5. The molecule has 1 rings (SSSR count). The minimum absolute atomic E-state index is 0.292. The van der Waals surface area contributed by atoms with E-state index < -0.39 is 0 Å². The number of nitrogens with one attached hydrogen (secondary N) is 1. The smallest absolute Gasteiger partial charge is 0.337 e. The van der Waals surface area contributed by atoms with E-state index in [0.29, 0.717) is 18.2 Å². The van der Waals surface area contributed by atoms with Gasteiger partial charge in [0.05, 0.1) is 12.7 Å². The van der Waals surface area contributed by atoms with Crippen LogP contribution in [-0.2, 0) is 4.74 Å². The van der Waals surface area contributed by atoms with Crippen molar-refractivity contribution in [3.63, 3.8) is 0 Å². The van der Waals surface area contributed by atoms with Gasteiger partial charge < -0.3 is 14.8 Å². The molecule has 0 heterocycles. The van der Waals surface area contributed by atoms with E-state index in [1.54, 1.807) is 24.3 Å². The number of carbonyl (C=O) groups is 1. The molecule has 0 aromatic heterocycles. The van der Waals surface area contributed by atoms with Crippen LogP contribution in [0.5, 0.6) is 5.75 Å². The van der Waals surface area contributed by atoms with Crippen molar-refractivity contribution in [2.24, 2.45) is 0 Å². The van der Waals surface area contributed by atoms with Gasteiger partial charge in [-0.15, -0.1) is 0 Å². The van der Waals surface area contributed by atoms with Crippen LogP contribution in [0.2, 0.25) is 0 Å². The van der Waals surface area contributed by atoms with Gasteiger partial charge in [-0.1, -0.05) is 0 Å². The summed E-state index contributed by atoms with van der Waals surface area (Å²) in [5.41, 5.74) is 0.525. The minimum atomic E-state index is -0.338. The topological polar surface area (TPSA) is 47.6 Å². The summed E-state index contributed by atoms with van der Waals surface area (Å²) in [6.07, 6.45) is 0. The van der Waals surface area contributed by atoms with Crippen LogP contribution in [0.4, 0.5) is 0 Å². The molecular formula is C12H17NO3. The predicted octanol–water partition coefficient (Wildman–Crippen LogP) is 1.46. The monoisotopic (exact) mass is 223 g/mol. The summed E-state index contributed by atoms with van der Waals surface area (Å²) in [5, 5.41) is 3.07. The van der Waals surface area contributed by atoms with Gasteiger partial charge in [-0.05, 0) is 38.2 Å². The zero-order valence-corrected chi connectivity index (χ0v) is 9.82. The lowest BCUT2D eigenvalue weighted by atomic mass is 10.2. The van der Waals surface area contributed by atoms with Gasteiger partial charge in [-0.3, -0.25) is 0 Å². The van der Waals surface area contributed by atoms with E-state index in [1.807, 2.05) is 14.0 Å². The second kappa shape index (κ2) is 6.12. The number of likely N-dealkylation sites (N-methyl/N-ethyl adjacent to an activating group) is 1. The van der Waals surface area contributed by atoms with Gasteiger partial charge in [0.15, 0.2) is 0 Å². The first-order valence-corrected chi connectivity index (χ1v) is 5.15. The molecule has 0 fully saturated rings. The second-order valence-corrected chi connectivity index (χ2v) is 3.52. The fraction of sp³-hybridized carbons (Fsp3) is 0.417. The largest absolute Gasteiger partial charge is 0.492 e. The lowest BCUT2D eigenvalue weighted by molar-refractivity contribution is 0.0600. The standard InChI is InChI=1S/C12H17NO3/c1-9(13-2)8-16-11-6-4-10(5-7-11)12(14)15-3/h4-7,9,13H,8H2,1-3H3/t9-/m0/s1. The lowest BCUT2D eigenvalue weighted by Gasteiger charge is -2.12. The molecule has 0 amide bonds. The van der Waals surface area contributed by atoms with Crippen LogP contribution >= 0.6 is 0 Å². The molecule has 0 aliphatic heterocycles. The van der Waals surface area contributed by atoms with Crippen molar-refractivity contribution in [3.8, 4) is 5.75 Å². The highest BCUT2D eigenvalue weighted by Gasteiger charge is 2.05. The average molecular weight is 223 g/mol. The van der Waals surface area contributed by atoms with Gasteiger partial charge in [0.25, 0.3) is 0 Å². The van der Waals surface area contributed by atoms with Crippen molar-refractivity contribution in [3.05, 3.63) is 29.8 Å². The van der Waals surface area contributed by atoms with E-state index in [1.165, 1.54) is 7.11 Å². The molecule has 0 saturated heterocycles. The second-order valence-electron chi connectivity index (χ2n) is 3.52. The first-order chi connectivity index (χ1) is 7.67. The van der Waals surface area contributed by atoms with Gasteiger partial charge >= 0.3 is 5.97 Å². The summed E-state index contributed by atoms with van der Waals surface area (Å²) in [7, 11) is 3.25. The number of hydrogen-bond donors (Lipinski definition) is 1. The maximum Gasteiger partial charge on any atom is 0.337 e. The van der Waals surface area contributed by atoms with Crippen molar-refractivity contribution < 1.29 is 14.3 Å². The van der Waals surface area contributed by atoms with Crippen molar-refractivity contribution in [2.75, 3.05) is 20.8 Å². The number of esters is 1. The summed E-state index contributed by atoms with van der Waals surface area (Å²) in [5.74, 6) is 0.407. The van der Waals surface area contributed by atoms with Crippen LogP contribution in [-0.4, -0.2) is 32.8 Å². The highest BCUT2D eigenvalue weighted by molar-refractivity contribution is 5.89. The molecule has 88 valence electrons. The molecular weight excluding hydrogens is 206 g/mol. The third-order valence-corrected chi connectivity index (χ3v) is 2.27. The molecule has 0 unspecified atom stereocenters. The zero-order chi connectivity index (χ0) is 12.0. The predicted molar refractivity (Wildman–Crippen MR) is 61.8 cm³/mol. The molecule has 0 spiro atoms.